The van der Waals surface area contributed by atoms with Gasteiger partial charge in [-0.05, 0) is 13.8 Å². The molecular weight excluding hydrogens is 410 g/mol. The van der Waals surface area contributed by atoms with Gasteiger partial charge in [0.15, 0.2) is 11.5 Å². The monoisotopic (exact) mass is 439 g/mol. The Balaban J connectivity index is 2.32. The standard InChI is InChI=1S/C20H28F2N6O3/c1-11-7-17(28-18(25-11)20(6,21)22)27-14-8-16(26-13(3)29)24-9-15(14)30-10-12(2)31-19(4,5)23/h7-9,12H,10,23H2,1-6H3,(H2,24,25,26,27,28,29)/p+1. The molecule has 0 aromatic carbocycles. The third-order valence-electron chi connectivity index (χ3n) is 3.67. The number of alkyl halides is 2. The summed E-state index contributed by atoms with van der Waals surface area (Å²) < 4.78 is 39.0. The van der Waals surface area contributed by atoms with E-state index in [2.05, 4.69) is 31.3 Å². The van der Waals surface area contributed by atoms with Crippen molar-refractivity contribution >= 4 is 23.2 Å². The fraction of sp³-hybridized carbons (Fsp3) is 0.500. The number of aromatic nitrogens is 3. The Labute approximate surface area is 179 Å². The third kappa shape index (κ3) is 8.02. The number of carbonyl (C=O) groups excluding carboxylic acids is 1. The zero-order valence-corrected chi connectivity index (χ0v) is 18.5. The molecule has 1 unspecified atom stereocenters. The largest absolute Gasteiger partial charge is 0.487 e. The van der Waals surface area contributed by atoms with Gasteiger partial charge in [-0.15, -0.1) is 0 Å². The van der Waals surface area contributed by atoms with E-state index < -0.39 is 17.5 Å². The summed E-state index contributed by atoms with van der Waals surface area (Å²) in [5, 5.41) is 5.53. The van der Waals surface area contributed by atoms with E-state index in [4.69, 9.17) is 9.47 Å². The molecule has 2 aromatic rings. The van der Waals surface area contributed by atoms with E-state index in [1.807, 2.05) is 20.8 Å². The molecule has 0 aliphatic carbocycles. The quantitative estimate of drug-likeness (QED) is 0.513. The molecule has 2 rings (SSSR count). The van der Waals surface area contributed by atoms with E-state index in [1.165, 1.54) is 25.3 Å². The molecule has 0 bridgehead atoms. The highest BCUT2D eigenvalue weighted by atomic mass is 19.3. The van der Waals surface area contributed by atoms with Gasteiger partial charge < -0.3 is 25.8 Å². The number of carbonyl (C=O) groups is 1. The van der Waals surface area contributed by atoms with Crippen LogP contribution in [0.1, 0.15) is 46.1 Å². The maximum Gasteiger partial charge on any atom is 0.303 e. The molecule has 0 radical (unpaired) electrons. The number of quaternary nitrogens is 1. The van der Waals surface area contributed by atoms with E-state index in [1.54, 1.807) is 6.92 Å². The fourth-order valence-electron chi connectivity index (χ4n) is 2.66. The van der Waals surface area contributed by atoms with Gasteiger partial charge >= 0.3 is 5.92 Å². The number of hydrogen-bond acceptors (Lipinski definition) is 7. The number of pyridine rings is 1. The smallest absolute Gasteiger partial charge is 0.303 e. The number of halogens is 2. The molecule has 0 saturated heterocycles. The Hall–Kier alpha value is -2.92. The van der Waals surface area contributed by atoms with E-state index in [9.17, 15) is 13.6 Å². The van der Waals surface area contributed by atoms with Gasteiger partial charge in [-0.2, -0.15) is 8.78 Å². The molecule has 0 saturated carbocycles. The van der Waals surface area contributed by atoms with Crippen molar-refractivity contribution in [2.45, 2.75) is 59.3 Å². The van der Waals surface area contributed by atoms with Crippen LogP contribution in [0.5, 0.6) is 5.75 Å². The lowest BCUT2D eigenvalue weighted by Crippen LogP contribution is -2.71. The number of anilines is 3. The Bertz CT molecular complexity index is 928. The first-order valence-corrected chi connectivity index (χ1v) is 9.67. The number of nitrogens with zero attached hydrogens (tertiary/aromatic N) is 3. The van der Waals surface area contributed by atoms with Crippen LogP contribution in [0, 0.1) is 6.92 Å². The first-order chi connectivity index (χ1) is 14.2. The summed E-state index contributed by atoms with van der Waals surface area (Å²) in [5.74, 6) is -3.37. The Kier molecular flexibility index (Phi) is 7.45. The topological polar surface area (TPSA) is 126 Å². The number of amides is 1. The van der Waals surface area contributed by atoms with Crippen molar-refractivity contribution in [1.29, 1.82) is 0 Å². The van der Waals surface area contributed by atoms with Crippen LogP contribution in [-0.2, 0) is 15.5 Å². The maximum atomic E-state index is 13.7. The van der Waals surface area contributed by atoms with Crippen LogP contribution >= 0.6 is 0 Å². The second kappa shape index (κ2) is 9.48. The summed E-state index contributed by atoms with van der Waals surface area (Å²) in [5.41, 5.74) is 4.06. The van der Waals surface area contributed by atoms with Crippen LogP contribution in [-0.4, -0.2) is 39.3 Å². The highest BCUT2D eigenvalue weighted by molar-refractivity contribution is 5.88. The fourth-order valence-corrected chi connectivity index (χ4v) is 2.66. The molecule has 1 atom stereocenters. The molecular formula is C20H29F2N6O3+. The molecule has 31 heavy (non-hydrogen) atoms. The lowest BCUT2D eigenvalue weighted by Gasteiger charge is -2.22. The minimum Gasteiger partial charge on any atom is -0.487 e. The van der Waals surface area contributed by atoms with E-state index in [-0.39, 0.29) is 30.3 Å². The Morgan fingerprint density at radius 3 is 2.48 bits per heavy atom. The molecule has 0 aliphatic heterocycles. The van der Waals surface area contributed by atoms with E-state index in [0.717, 1.165) is 6.92 Å². The molecule has 0 aliphatic rings. The molecule has 0 spiro atoms. The minimum atomic E-state index is -3.20. The van der Waals surface area contributed by atoms with Crippen LogP contribution in [0.2, 0.25) is 0 Å². The summed E-state index contributed by atoms with van der Waals surface area (Å²) in [6.07, 6.45) is 1.14. The molecule has 9 nitrogen and oxygen atoms in total. The van der Waals surface area contributed by atoms with Crippen molar-refractivity contribution in [2.24, 2.45) is 0 Å². The van der Waals surface area contributed by atoms with Crippen molar-refractivity contribution in [3.63, 3.8) is 0 Å². The number of ether oxygens (including phenoxy) is 2. The first kappa shape index (κ1) is 24.4. The van der Waals surface area contributed by atoms with Gasteiger partial charge in [0.1, 0.15) is 18.2 Å². The lowest BCUT2D eigenvalue weighted by atomic mass is 10.3. The summed E-state index contributed by atoms with van der Waals surface area (Å²) in [6.45, 7) is 9.36. The molecule has 170 valence electrons. The highest BCUT2D eigenvalue weighted by Crippen LogP contribution is 2.31. The molecule has 2 aromatic heterocycles. The van der Waals surface area contributed by atoms with Crippen molar-refractivity contribution in [1.82, 2.24) is 15.0 Å². The summed E-state index contributed by atoms with van der Waals surface area (Å²) >= 11 is 0. The molecule has 5 N–H and O–H groups in total. The molecule has 2 heterocycles. The second-order valence-electron chi connectivity index (χ2n) is 7.98. The van der Waals surface area contributed by atoms with Gasteiger partial charge in [-0.1, -0.05) is 0 Å². The molecule has 11 heteroatoms. The van der Waals surface area contributed by atoms with Crippen molar-refractivity contribution in [2.75, 3.05) is 17.2 Å². The van der Waals surface area contributed by atoms with Gasteiger partial charge in [-0.25, -0.2) is 15.0 Å². The number of aryl methyl sites for hydroxylation is 1. The zero-order chi connectivity index (χ0) is 23.4. The summed E-state index contributed by atoms with van der Waals surface area (Å²) in [7, 11) is 0. The van der Waals surface area contributed by atoms with Crippen molar-refractivity contribution in [3.05, 3.63) is 29.8 Å². The van der Waals surface area contributed by atoms with Crippen LogP contribution in [0.4, 0.5) is 26.1 Å². The lowest BCUT2D eigenvalue weighted by molar-refractivity contribution is -0.548. The van der Waals surface area contributed by atoms with Crippen LogP contribution < -0.4 is 21.1 Å². The number of rotatable bonds is 9. The van der Waals surface area contributed by atoms with E-state index >= 15 is 0 Å². The summed E-state index contributed by atoms with van der Waals surface area (Å²) in [4.78, 5) is 23.2. The predicted molar refractivity (Wildman–Crippen MR) is 111 cm³/mol. The SMILES string of the molecule is CC(=O)Nc1cc(Nc2cc(C)nc(C(C)(F)F)n2)c(OCC(C)OC(C)(C)[NH3+])cn1. The minimum absolute atomic E-state index is 0.150. The van der Waals surface area contributed by atoms with Gasteiger partial charge in [0.05, 0.1) is 18.0 Å². The zero-order valence-electron chi connectivity index (χ0n) is 18.5. The second-order valence-corrected chi connectivity index (χ2v) is 7.98. The maximum absolute atomic E-state index is 13.7. The normalized spacial score (nSPS) is 12.9. The van der Waals surface area contributed by atoms with Gasteiger partial charge in [-0.3, -0.25) is 4.79 Å². The van der Waals surface area contributed by atoms with Crippen LogP contribution in [0.25, 0.3) is 0 Å². The van der Waals surface area contributed by atoms with Gasteiger partial charge in [0.2, 0.25) is 11.7 Å². The Morgan fingerprint density at radius 2 is 1.90 bits per heavy atom. The van der Waals surface area contributed by atoms with Gasteiger partial charge in [0.25, 0.3) is 0 Å². The van der Waals surface area contributed by atoms with Gasteiger partial charge in [0, 0.05) is 45.5 Å². The average molecular weight is 439 g/mol. The van der Waals surface area contributed by atoms with Crippen LogP contribution in [0.15, 0.2) is 18.3 Å². The van der Waals surface area contributed by atoms with Crippen LogP contribution in [0.3, 0.4) is 0 Å². The average Bonchev–Trinajstić information content (AvgIpc) is 2.57. The van der Waals surface area contributed by atoms with Crippen molar-refractivity contribution in [3.8, 4) is 5.75 Å². The molecule has 1 amide bonds. The predicted octanol–water partition coefficient (Wildman–Crippen LogP) is 2.76. The molecule has 0 fully saturated rings. The third-order valence-corrected chi connectivity index (χ3v) is 3.67. The first-order valence-electron chi connectivity index (χ1n) is 9.67. The van der Waals surface area contributed by atoms with E-state index in [0.29, 0.717) is 17.1 Å². The Morgan fingerprint density at radius 1 is 1.23 bits per heavy atom. The number of hydrogen-bond donors (Lipinski definition) is 3. The summed E-state index contributed by atoms with van der Waals surface area (Å²) in [6, 6.07) is 3.04. The highest BCUT2D eigenvalue weighted by Gasteiger charge is 2.29. The number of nitrogens with one attached hydrogen (secondary N) is 2. The van der Waals surface area contributed by atoms with Crippen molar-refractivity contribution < 1.29 is 28.8 Å².